The quantitative estimate of drug-likeness (QED) is 0.865. The van der Waals surface area contributed by atoms with Gasteiger partial charge in [0.15, 0.2) is 5.82 Å². The molecular formula is C18H21N5O2. The zero-order valence-corrected chi connectivity index (χ0v) is 13.9. The van der Waals surface area contributed by atoms with Crippen LogP contribution in [0.15, 0.2) is 36.8 Å². The molecule has 25 heavy (non-hydrogen) atoms. The monoisotopic (exact) mass is 339 g/mol. The van der Waals surface area contributed by atoms with Crippen LogP contribution in [0, 0.1) is 0 Å². The van der Waals surface area contributed by atoms with Crippen molar-refractivity contribution in [3.05, 3.63) is 48.2 Å². The number of aromatic nitrogens is 3. The Morgan fingerprint density at radius 3 is 2.52 bits per heavy atom. The molecule has 2 aromatic heterocycles. The van der Waals surface area contributed by atoms with Crippen LogP contribution in [0.1, 0.15) is 41.9 Å². The summed E-state index contributed by atoms with van der Waals surface area (Å²) in [5.74, 6) is 1.28. The fraction of sp³-hybridized carbons (Fsp3) is 0.444. The van der Waals surface area contributed by atoms with Gasteiger partial charge < -0.3 is 15.4 Å². The number of carbonyl (C=O) groups excluding carboxylic acids is 1. The van der Waals surface area contributed by atoms with Gasteiger partial charge >= 0.3 is 0 Å². The van der Waals surface area contributed by atoms with Gasteiger partial charge in [-0.15, -0.1) is 0 Å². The minimum Gasteiger partial charge on any atom is -0.381 e. The van der Waals surface area contributed by atoms with E-state index in [1.54, 1.807) is 30.7 Å². The molecule has 2 aromatic rings. The maximum absolute atomic E-state index is 12.8. The second-order valence-corrected chi connectivity index (χ2v) is 6.57. The van der Waals surface area contributed by atoms with E-state index in [4.69, 9.17) is 4.74 Å². The highest BCUT2D eigenvalue weighted by atomic mass is 16.5. The highest BCUT2D eigenvalue weighted by Gasteiger charge is 2.38. The Labute approximate surface area is 146 Å². The van der Waals surface area contributed by atoms with Crippen LogP contribution in [0.25, 0.3) is 0 Å². The van der Waals surface area contributed by atoms with Crippen LogP contribution in [-0.2, 0) is 10.3 Å². The molecule has 2 N–H and O–H groups in total. The highest BCUT2D eigenvalue weighted by molar-refractivity contribution is 5.94. The molecule has 1 aliphatic heterocycles. The van der Waals surface area contributed by atoms with E-state index in [1.807, 2.05) is 6.07 Å². The molecule has 4 rings (SSSR count). The summed E-state index contributed by atoms with van der Waals surface area (Å²) in [5.41, 5.74) is -0.0650. The van der Waals surface area contributed by atoms with Gasteiger partial charge in [-0.05, 0) is 31.0 Å². The van der Waals surface area contributed by atoms with Gasteiger partial charge in [0.1, 0.15) is 11.4 Å². The van der Waals surface area contributed by atoms with E-state index in [0.717, 1.165) is 5.82 Å². The van der Waals surface area contributed by atoms with Crippen LogP contribution in [0.5, 0.6) is 0 Å². The van der Waals surface area contributed by atoms with Crippen molar-refractivity contribution in [1.82, 2.24) is 20.3 Å². The first-order valence-corrected chi connectivity index (χ1v) is 8.66. The average molecular weight is 339 g/mol. The van der Waals surface area contributed by atoms with Crippen molar-refractivity contribution < 1.29 is 9.53 Å². The lowest BCUT2D eigenvalue weighted by Crippen LogP contribution is -2.50. The topological polar surface area (TPSA) is 89.0 Å². The number of rotatable bonds is 5. The lowest BCUT2D eigenvalue weighted by atomic mass is 9.88. The number of ether oxygens (including phenoxy) is 1. The summed E-state index contributed by atoms with van der Waals surface area (Å²) in [6.45, 7) is 1.14. The third-order valence-corrected chi connectivity index (χ3v) is 4.65. The number of nitrogens with one attached hydrogen (secondary N) is 2. The third-order valence-electron chi connectivity index (χ3n) is 4.65. The lowest BCUT2D eigenvalue weighted by molar-refractivity contribution is 0.0313. The molecule has 1 saturated carbocycles. The van der Waals surface area contributed by atoms with Crippen molar-refractivity contribution in [3.63, 3.8) is 0 Å². The average Bonchev–Trinajstić information content (AvgIpc) is 3.48. The SMILES string of the molecule is O=C(NC1(c2ncccn2)CCOCC1)c1ccc(NC2CC2)nc1. The van der Waals surface area contributed by atoms with Crippen LogP contribution in [0.2, 0.25) is 0 Å². The molecule has 0 bridgehead atoms. The molecule has 0 spiro atoms. The maximum atomic E-state index is 12.8. The summed E-state index contributed by atoms with van der Waals surface area (Å²) >= 11 is 0. The van der Waals surface area contributed by atoms with Crippen LogP contribution < -0.4 is 10.6 Å². The van der Waals surface area contributed by atoms with Gasteiger partial charge in [0.2, 0.25) is 0 Å². The number of carbonyl (C=O) groups is 1. The standard InChI is InChI=1S/C18H21N5O2/c24-16(13-2-5-15(21-12-13)22-14-3-4-14)23-18(6-10-25-11-7-18)17-19-8-1-9-20-17/h1-2,5,8-9,12,14H,3-4,6-7,10-11H2,(H,21,22)(H,23,24). The van der Waals surface area contributed by atoms with Crippen molar-refractivity contribution >= 4 is 11.7 Å². The first kappa shape index (κ1) is 16.0. The number of pyridine rings is 1. The van der Waals surface area contributed by atoms with Gasteiger partial charge in [-0.1, -0.05) is 0 Å². The van der Waals surface area contributed by atoms with Crippen molar-refractivity contribution in [2.75, 3.05) is 18.5 Å². The minimum atomic E-state index is -0.596. The largest absolute Gasteiger partial charge is 0.381 e. The zero-order valence-electron chi connectivity index (χ0n) is 13.9. The Hall–Kier alpha value is -2.54. The van der Waals surface area contributed by atoms with E-state index in [1.165, 1.54) is 12.8 Å². The molecule has 0 atom stereocenters. The predicted octanol–water partition coefficient (Wildman–Crippen LogP) is 1.88. The summed E-state index contributed by atoms with van der Waals surface area (Å²) in [4.78, 5) is 25.8. The molecule has 0 radical (unpaired) electrons. The molecule has 3 heterocycles. The second kappa shape index (κ2) is 6.76. The molecule has 2 fully saturated rings. The summed E-state index contributed by atoms with van der Waals surface area (Å²) in [5, 5.41) is 6.45. The van der Waals surface area contributed by atoms with E-state index in [9.17, 15) is 4.79 Å². The molecule has 2 aliphatic rings. The lowest BCUT2D eigenvalue weighted by Gasteiger charge is -2.36. The van der Waals surface area contributed by atoms with E-state index < -0.39 is 5.54 Å². The summed E-state index contributed by atoms with van der Waals surface area (Å²) in [7, 11) is 0. The summed E-state index contributed by atoms with van der Waals surface area (Å²) in [6, 6.07) is 5.95. The first-order valence-electron chi connectivity index (χ1n) is 8.66. The van der Waals surface area contributed by atoms with Crippen LogP contribution >= 0.6 is 0 Å². The molecule has 7 nitrogen and oxygen atoms in total. The van der Waals surface area contributed by atoms with Gasteiger partial charge in [-0.2, -0.15) is 0 Å². The number of hydrogen-bond donors (Lipinski definition) is 2. The van der Waals surface area contributed by atoms with E-state index in [-0.39, 0.29) is 5.91 Å². The molecule has 7 heteroatoms. The zero-order chi connectivity index (χ0) is 17.1. The number of hydrogen-bond acceptors (Lipinski definition) is 6. The fourth-order valence-corrected chi connectivity index (χ4v) is 3.01. The fourth-order valence-electron chi connectivity index (χ4n) is 3.01. The van der Waals surface area contributed by atoms with E-state index in [0.29, 0.717) is 43.5 Å². The molecule has 1 amide bonds. The van der Waals surface area contributed by atoms with Crippen LogP contribution in [0.3, 0.4) is 0 Å². The Kier molecular flexibility index (Phi) is 4.31. The first-order chi connectivity index (χ1) is 12.3. The van der Waals surface area contributed by atoms with Gasteiger partial charge in [-0.3, -0.25) is 4.79 Å². The molecule has 1 aliphatic carbocycles. The van der Waals surface area contributed by atoms with Crippen LogP contribution in [0.4, 0.5) is 5.82 Å². The van der Waals surface area contributed by atoms with E-state index >= 15 is 0 Å². The Morgan fingerprint density at radius 2 is 1.88 bits per heavy atom. The summed E-state index contributed by atoms with van der Waals surface area (Å²) in [6.07, 6.45) is 8.68. The predicted molar refractivity (Wildman–Crippen MR) is 92.1 cm³/mol. The molecule has 0 unspecified atom stereocenters. The minimum absolute atomic E-state index is 0.167. The van der Waals surface area contributed by atoms with Gasteiger partial charge in [0.05, 0.1) is 5.56 Å². The van der Waals surface area contributed by atoms with Crippen LogP contribution in [-0.4, -0.2) is 40.1 Å². The number of anilines is 1. The van der Waals surface area contributed by atoms with Crippen molar-refractivity contribution in [1.29, 1.82) is 0 Å². The molecular weight excluding hydrogens is 318 g/mol. The third kappa shape index (κ3) is 3.61. The Morgan fingerprint density at radius 1 is 1.12 bits per heavy atom. The number of amides is 1. The molecule has 130 valence electrons. The summed E-state index contributed by atoms with van der Waals surface area (Å²) < 4.78 is 5.46. The van der Waals surface area contributed by atoms with Gasteiger partial charge in [-0.25, -0.2) is 15.0 Å². The second-order valence-electron chi connectivity index (χ2n) is 6.57. The van der Waals surface area contributed by atoms with Crippen molar-refractivity contribution in [2.24, 2.45) is 0 Å². The highest BCUT2D eigenvalue weighted by Crippen LogP contribution is 2.30. The van der Waals surface area contributed by atoms with Gasteiger partial charge in [0, 0.05) is 50.7 Å². The maximum Gasteiger partial charge on any atom is 0.253 e. The number of nitrogens with zero attached hydrogens (tertiary/aromatic N) is 3. The Bertz CT molecular complexity index is 725. The normalized spacial score (nSPS) is 19.2. The van der Waals surface area contributed by atoms with Crippen molar-refractivity contribution in [2.45, 2.75) is 37.3 Å². The van der Waals surface area contributed by atoms with Gasteiger partial charge in [0.25, 0.3) is 5.91 Å². The van der Waals surface area contributed by atoms with Crippen molar-refractivity contribution in [3.8, 4) is 0 Å². The van der Waals surface area contributed by atoms with E-state index in [2.05, 4.69) is 25.6 Å². The smallest absolute Gasteiger partial charge is 0.253 e. The molecule has 1 saturated heterocycles. The Balaban J connectivity index is 1.52. The molecule has 0 aromatic carbocycles.